The quantitative estimate of drug-likeness (QED) is 0.294. The number of aryl methyl sites for hydroxylation is 1. The SMILES string of the molecule is CCC1CCC(Cc2ccc3ccc(-c4cnc(N)nc4)n3c2)CC1.Cc1cnc2ccccc2n1.[HH].[HH]. The Kier molecular flexibility index (Phi) is 7.21. The van der Waals surface area contributed by atoms with Gasteiger partial charge in [-0.2, -0.15) is 0 Å². The van der Waals surface area contributed by atoms with Gasteiger partial charge >= 0.3 is 0 Å². The van der Waals surface area contributed by atoms with Crippen molar-refractivity contribution in [3.05, 3.63) is 84.6 Å². The molecule has 6 heteroatoms. The molecule has 2 N–H and O–H groups in total. The van der Waals surface area contributed by atoms with Gasteiger partial charge in [0.2, 0.25) is 5.95 Å². The predicted molar refractivity (Wildman–Crippen MR) is 151 cm³/mol. The van der Waals surface area contributed by atoms with E-state index in [9.17, 15) is 0 Å². The first kappa shape index (κ1) is 23.9. The van der Waals surface area contributed by atoms with E-state index in [4.69, 9.17) is 5.73 Å². The number of aromatic nitrogens is 5. The highest BCUT2D eigenvalue weighted by molar-refractivity contribution is 5.73. The Labute approximate surface area is 215 Å². The molecule has 4 aromatic heterocycles. The van der Waals surface area contributed by atoms with Crippen molar-refractivity contribution in [2.45, 2.75) is 52.4 Å². The number of nitrogens with zero attached hydrogens (tertiary/aromatic N) is 5. The van der Waals surface area contributed by atoms with Crippen LogP contribution in [0.15, 0.2) is 73.3 Å². The molecular formula is C30H38N6. The number of nitrogen functional groups attached to an aromatic ring is 1. The second-order valence-corrected chi connectivity index (χ2v) is 9.88. The first-order valence-electron chi connectivity index (χ1n) is 13.0. The van der Waals surface area contributed by atoms with E-state index < -0.39 is 0 Å². The Hall–Kier alpha value is -3.80. The number of pyridine rings is 1. The number of fused-ring (bicyclic) bond motifs is 2. The molecule has 0 bridgehead atoms. The largest absolute Gasteiger partial charge is 0.368 e. The number of rotatable bonds is 4. The van der Waals surface area contributed by atoms with Crippen LogP contribution in [0.5, 0.6) is 0 Å². The van der Waals surface area contributed by atoms with Gasteiger partial charge in [-0.3, -0.25) is 4.98 Å². The third-order valence-electron chi connectivity index (χ3n) is 7.32. The van der Waals surface area contributed by atoms with Gasteiger partial charge in [-0.05, 0) is 73.9 Å². The van der Waals surface area contributed by atoms with Gasteiger partial charge in [-0.1, -0.05) is 44.4 Å². The molecule has 5 aromatic rings. The smallest absolute Gasteiger partial charge is 0.219 e. The molecule has 1 aliphatic carbocycles. The van der Waals surface area contributed by atoms with Crippen LogP contribution in [-0.2, 0) is 6.42 Å². The normalized spacial score (nSPS) is 17.6. The zero-order valence-corrected chi connectivity index (χ0v) is 21.1. The lowest BCUT2D eigenvalue weighted by atomic mass is 9.78. The fourth-order valence-electron chi connectivity index (χ4n) is 5.20. The first-order valence-corrected chi connectivity index (χ1v) is 13.0. The lowest BCUT2D eigenvalue weighted by Gasteiger charge is -2.27. The Bertz CT molecular complexity index is 1440. The van der Waals surface area contributed by atoms with Crippen molar-refractivity contribution < 1.29 is 2.85 Å². The lowest BCUT2D eigenvalue weighted by Crippen LogP contribution is -2.16. The molecule has 4 heterocycles. The van der Waals surface area contributed by atoms with Crippen LogP contribution in [0.3, 0.4) is 0 Å². The molecule has 36 heavy (non-hydrogen) atoms. The van der Waals surface area contributed by atoms with Crippen molar-refractivity contribution in [3.63, 3.8) is 0 Å². The van der Waals surface area contributed by atoms with Gasteiger partial charge in [0.15, 0.2) is 0 Å². The van der Waals surface area contributed by atoms with E-state index in [1.165, 1.54) is 49.6 Å². The topological polar surface area (TPSA) is 82.0 Å². The van der Waals surface area contributed by atoms with Crippen molar-refractivity contribution in [3.8, 4) is 11.3 Å². The molecule has 0 radical (unpaired) electrons. The van der Waals surface area contributed by atoms with Gasteiger partial charge in [-0.25, -0.2) is 15.0 Å². The van der Waals surface area contributed by atoms with E-state index in [-0.39, 0.29) is 2.85 Å². The third kappa shape index (κ3) is 5.54. The summed E-state index contributed by atoms with van der Waals surface area (Å²) in [6.45, 7) is 4.27. The fraction of sp³-hybridized carbons (Fsp3) is 0.333. The molecule has 6 rings (SSSR count). The van der Waals surface area contributed by atoms with E-state index in [1.54, 1.807) is 18.6 Å². The van der Waals surface area contributed by atoms with Crippen LogP contribution in [0.1, 0.15) is 53.1 Å². The number of anilines is 1. The van der Waals surface area contributed by atoms with Gasteiger partial charge in [0.1, 0.15) is 0 Å². The van der Waals surface area contributed by atoms with Crippen LogP contribution in [-0.4, -0.2) is 24.3 Å². The number of benzene rings is 1. The lowest BCUT2D eigenvalue weighted by molar-refractivity contribution is 0.268. The number of nitrogens with two attached hydrogens (primary N) is 1. The summed E-state index contributed by atoms with van der Waals surface area (Å²) in [5.41, 5.74) is 13.2. The maximum Gasteiger partial charge on any atom is 0.219 e. The average molecular weight is 483 g/mol. The molecule has 0 spiro atoms. The Morgan fingerprint density at radius 2 is 1.56 bits per heavy atom. The van der Waals surface area contributed by atoms with Crippen LogP contribution in [0.25, 0.3) is 27.8 Å². The van der Waals surface area contributed by atoms with E-state index in [0.717, 1.165) is 39.8 Å². The van der Waals surface area contributed by atoms with E-state index in [0.29, 0.717) is 5.95 Å². The van der Waals surface area contributed by atoms with Crippen molar-refractivity contribution >= 4 is 22.5 Å². The maximum atomic E-state index is 5.61. The Morgan fingerprint density at radius 1 is 0.861 bits per heavy atom. The first-order chi connectivity index (χ1) is 17.6. The third-order valence-corrected chi connectivity index (χ3v) is 7.32. The minimum Gasteiger partial charge on any atom is -0.368 e. The molecule has 0 atom stereocenters. The molecule has 188 valence electrons. The summed E-state index contributed by atoms with van der Waals surface area (Å²) in [5.74, 6) is 2.10. The minimum absolute atomic E-state index is 0. The number of hydrogen-bond acceptors (Lipinski definition) is 5. The molecule has 1 fully saturated rings. The number of para-hydroxylation sites is 2. The maximum absolute atomic E-state index is 5.61. The van der Waals surface area contributed by atoms with Gasteiger partial charge in [0.05, 0.1) is 22.4 Å². The summed E-state index contributed by atoms with van der Waals surface area (Å²) in [5, 5.41) is 0. The second-order valence-electron chi connectivity index (χ2n) is 9.88. The second kappa shape index (κ2) is 10.9. The minimum atomic E-state index is 0. The summed E-state index contributed by atoms with van der Waals surface area (Å²) in [6, 6.07) is 16.6. The average Bonchev–Trinajstić information content (AvgIpc) is 3.33. The van der Waals surface area contributed by atoms with Crippen LogP contribution >= 0.6 is 0 Å². The highest BCUT2D eigenvalue weighted by Gasteiger charge is 2.20. The summed E-state index contributed by atoms with van der Waals surface area (Å²) < 4.78 is 2.25. The van der Waals surface area contributed by atoms with Crippen molar-refractivity contribution in [2.24, 2.45) is 11.8 Å². The van der Waals surface area contributed by atoms with Crippen molar-refractivity contribution in [2.75, 3.05) is 5.73 Å². The van der Waals surface area contributed by atoms with Gasteiger partial charge in [0, 0.05) is 38.7 Å². The predicted octanol–water partition coefficient (Wildman–Crippen LogP) is 7.17. The molecule has 0 amide bonds. The van der Waals surface area contributed by atoms with Crippen LogP contribution in [0.4, 0.5) is 5.95 Å². The number of hydrogen-bond donors (Lipinski definition) is 1. The van der Waals surface area contributed by atoms with Crippen LogP contribution in [0.2, 0.25) is 0 Å². The molecule has 1 aliphatic rings. The zero-order chi connectivity index (χ0) is 24.9. The Morgan fingerprint density at radius 3 is 2.31 bits per heavy atom. The molecule has 0 aliphatic heterocycles. The fourth-order valence-corrected chi connectivity index (χ4v) is 5.20. The van der Waals surface area contributed by atoms with Gasteiger partial charge in [-0.15, -0.1) is 0 Å². The highest BCUT2D eigenvalue weighted by Crippen LogP contribution is 2.33. The van der Waals surface area contributed by atoms with Crippen LogP contribution in [0, 0.1) is 18.8 Å². The van der Waals surface area contributed by atoms with Gasteiger partial charge < -0.3 is 10.1 Å². The summed E-state index contributed by atoms with van der Waals surface area (Å²) >= 11 is 0. The Balaban J connectivity index is 0.000000260. The van der Waals surface area contributed by atoms with E-state index >= 15 is 0 Å². The molecule has 1 aromatic carbocycles. The van der Waals surface area contributed by atoms with Crippen LogP contribution < -0.4 is 5.73 Å². The van der Waals surface area contributed by atoms with Crippen molar-refractivity contribution in [1.82, 2.24) is 24.3 Å². The molecule has 6 nitrogen and oxygen atoms in total. The molecular weight excluding hydrogens is 444 g/mol. The van der Waals surface area contributed by atoms with E-state index in [1.807, 2.05) is 31.2 Å². The zero-order valence-electron chi connectivity index (χ0n) is 21.1. The van der Waals surface area contributed by atoms with E-state index in [2.05, 4.69) is 61.7 Å². The summed E-state index contributed by atoms with van der Waals surface area (Å²) in [7, 11) is 0. The van der Waals surface area contributed by atoms with Gasteiger partial charge in [0.25, 0.3) is 0 Å². The summed E-state index contributed by atoms with van der Waals surface area (Å²) in [6.07, 6.45) is 15.7. The molecule has 0 unspecified atom stereocenters. The highest BCUT2D eigenvalue weighted by atomic mass is 15.0. The molecule has 0 saturated heterocycles. The molecule has 1 saturated carbocycles. The summed E-state index contributed by atoms with van der Waals surface area (Å²) in [4.78, 5) is 16.8. The monoisotopic (exact) mass is 482 g/mol. The standard InChI is InChI=1S/C21H26N4.C9H8N2.2H2/c1-2-15-3-5-16(6-4-15)11-17-7-8-19-9-10-20(25(19)14-17)18-12-23-21(22)24-13-18;1-7-6-10-8-4-2-3-5-9(8)11-7;;/h7-10,12-16H,2-6,11H2,1H3,(H2,22,23,24);2-6H,1H3;2*1H. The van der Waals surface area contributed by atoms with Crippen molar-refractivity contribution in [1.29, 1.82) is 0 Å².